The van der Waals surface area contributed by atoms with Gasteiger partial charge in [-0.05, 0) is 55.8 Å². The van der Waals surface area contributed by atoms with E-state index in [4.69, 9.17) is 9.47 Å². The average Bonchev–Trinajstić information content (AvgIpc) is 2.61. The zero-order chi connectivity index (χ0) is 19.2. The quantitative estimate of drug-likeness (QED) is 0.755. The molecule has 1 atom stereocenters. The van der Waals surface area contributed by atoms with Gasteiger partial charge in [0.25, 0.3) is 5.91 Å². The van der Waals surface area contributed by atoms with Crippen LogP contribution in [0.2, 0.25) is 0 Å². The molecule has 0 heterocycles. The highest BCUT2D eigenvalue weighted by Crippen LogP contribution is 2.22. The van der Waals surface area contributed by atoms with E-state index in [-0.39, 0.29) is 12.2 Å². The van der Waals surface area contributed by atoms with E-state index in [0.717, 1.165) is 12.1 Å². The highest BCUT2D eigenvalue weighted by atomic mass is 19.1. The van der Waals surface area contributed by atoms with E-state index in [9.17, 15) is 19.1 Å². The molecule has 0 spiro atoms. The van der Waals surface area contributed by atoms with Crippen LogP contribution in [0.25, 0.3) is 0 Å². The van der Waals surface area contributed by atoms with E-state index >= 15 is 0 Å². The van der Waals surface area contributed by atoms with E-state index in [1.165, 1.54) is 19.1 Å². The molecule has 0 saturated heterocycles. The number of carbonyl (C=O) groups excluding carboxylic acids is 1. The van der Waals surface area contributed by atoms with E-state index in [1.54, 1.807) is 24.3 Å². The Morgan fingerprint density at radius 1 is 1.04 bits per heavy atom. The Morgan fingerprint density at radius 3 is 2.08 bits per heavy atom. The molecule has 0 aliphatic heterocycles. The molecule has 2 aromatic rings. The molecule has 0 aliphatic rings. The van der Waals surface area contributed by atoms with Crippen molar-refractivity contribution < 1.29 is 28.6 Å². The first-order valence-electron chi connectivity index (χ1n) is 8.01. The van der Waals surface area contributed by atoms with Gasteiger partial charge in [-0.15, -0.1) is 0 Å². The standard InChI is InChI=1S/C19H20FNO5/c1-3-25-15-8-10-16(11-9-15)26-12-17(22)21-19(2,18(23)24)13-4-6-14(20)7-5-13/h4-11H,3,12H2,1-2H3,(H,21,22)(H,23,24). The predicted molar refractivity (Wildman–Crippen MR) is 92.6 cm³/mol. The number of amides is 1. The number of carboxylic acids is 1. The Kier molecular flexibility index (Phi) is 6.16. The topological polar surface area (TPSA) is 84.9 Å². The van der Waals surface area contributed by atoms with Crippen molar-refractivity contribution in [2.75, 3.05) is 13.2 Å². The smallest absolute Gasteiger partial charge is 0.333 e. The Balaban J connectivity index is 2.01. The summed E-state index contributed by atoms with van der Waals surface area (Å²) in [7, 11) is 0. The summed E-state index contributed by atoms with van der Waals surface area (Å²) >= 11 is 0. The third-order valence-corrected chi connectivity index (χ3v) is 3.74. The van der Waals surface area contributed by atoms with Gasteiger partial charge in [-0.3, -0.25) is 4.79 Å². The maximum absolute atomic E-state index is 13.1. The molecule has 7 heteroatoms. The highest BCUT2D eigenvalue weighted by Gasteiger charge is 2.37. The monoisotopic (exact) mass is 361 g/mol. The van der Waals surface area contributed by atoms with E-state index in [1.807, 2.05) is 6.92 Å². The lowest BCUT2D eigenvalue weighted by atomic mass is 9.92. The van der Waals surface area contributed by atoms with Crippen molar-refractivity contribution in [3.8, 4) is 11.5 Å². The van der Waals surface area contributed by atoms with Crippen LogP contribution in [0.5, 0.6) is 11.5 Å². The van der Waals surface area contributed by atoms with Gasteiger partial charge in [0.2, 0.25) is 0 Å². The molecule has 0 saturated carbocycles. The average molecular weight is 361 g/mol. The molecular weight excluding hydrogens is 341 g/mol. The largest absolute Gasteiger partial charge is 0.494 e. The Hall–Kier alpha value is -3.09. The maximum Gasteiger partial charge on any atom is 0.333 e. The van der Waals surface area contributed by atoms with Gasteiger partial charge in [-0.1, -0.05) is 12.1 Å². The van der Waals surface area contributed by atoms with Crippen molar-refractivity contribution in [3.05, 3.63) is 59.9 Å². The van der Waals surface area contributed by atoms with Gasteiger partial charge in [0.05, 0.1) is 6.61 Å². The highest BCUT2D eigenvalue weighted by molar-refractivity contribution is 5.88. The summed E-state index contributed by atoms with van der Waals surface area (Å²) in [6.45, 7) is 3.38. The molecule has 0 bridgehead atoms. The number of ether oxygens (including phenoxy) is 2. The van der Waals surface area contributed by atoms with Crippen molar-refractivity contribution in [2.24, 2.45) is 0 Å². The van der Waals surface area contributed by atoms with Crippen LogP contribution in [0.1, 0.15) is 19.4 Å². The number of carbonyl (C=O) groups is 2. The molecule has 2 rings (SSSR count). The zero-order valence-corrected chi connectivity index (χ0v) is 14.5. The van der Waals surface area contributed by atoms with Gasteiger partial charge in [0.15, 0.2) is 12.1 Å². The fraction of sp³-hybridized carbons (Fsp3) is 0.263. The summed E-state index contributed by atoms with van der Waals surface area (Å²) in [6, 6.07) is 11.6. The lowest BCUT2D eigenvalue weighted by molar-refractivity contribution is -0.147. The van der Waals surface area contributed by atoms with Crippen LogP contribution in [-0.2, 0) is 15.1 Å². The summed E-state index contributed by atoms with van der Waals surface area (Å²) in [4.78, 5) is 23.8. The molecule has 0 aliphatic carbocycles. The number of hydrogen-bond acceptors (Lipinski definition) is 4. The first-order valence-corrected chi connectivity index (χ1v) is 8.01. The SMILES string of the molecule is CCOc1ccc(OCC(=O)NC(C)(C(=O)O)c2ccc(F)cc2)cc1. The molecule has 0 fully saturated rings. The van der Waals surface area contributed by atoms with Gasteiger partial charge < -0.3 is 19.9 Å². The predicted octanol–water partition coefficient (Wildman–Crippen LogP) is 2.72. The summed E-state index contributed by atoms with van der Waals surface area (Å²) in [5, 5.41) is 11.9. The van der Waals surface area contributed by atoms with Gasteiger partial charge >= 0.3 is 5.97 Å². The van der Waals surface area contributed by atoms with Gasteiger partial charge in [0, 0.05) is 0 Å². The first kappa shape index (κ1) is 19.2. The number of hydrogen-bond donors (Lipinski definition) is 2. The Morgan fingerprint density at radius 2 is 1.58 bits per heavy atom. The van der Waals surface area contributed by atoms with Crippen molar-refractivity contribution >= 4 is 11.9 Å². The van der Waals surface area contributed by atoms with Gasteiger partial charge in [-0.25, -0.2) is 9.18 Å². The summed E-state index contributed by atoms with van der Waals surface area (Å²) in [5.74, 6) is -1.25. The molecule has 26 heavy (non-hydrogen) atoms. The van der Waals surface area contributed by atoms with Gasteiger partial charge in [0.1, 0.15) is 17.3 Å². The molecule has 0 aromatic heterocycles. The summed E-state index contributed by atoms with van der Waals surface area (Å²) in [5.41, 5.74) is -1.45. The number of benzene rings is 2. The van der Waals surface area contributed by atoms with Crippen LogP contribution in [0.3, 0.4) is 0 Å². The second kappa shape index (κ2) is 8.33. The van der Waals surface area contributed by atoms with Crippen molar-refractivity contribution in [1.29, 1.82) is 0 Å². The Bertz CT molecular complexity index is 761. The lowest BCUT2D eigenvalue weighted by Gasteiger charge is -2.26. The molecule has 138 valence electrons. The molecule has 1 unspecified atom stereocenters. The van der Waals surface area contributed by atoms with Crippen LogP contribution in [0.4, 0.5) is 4.39 Å². The number of carboxylic acid groups (broad SMARTS) is 1. The number of halogens is 1. The van der Waals surface area contributed by atoms with Crippen molar-refractivity contribution in [1.82, 2.24) is 5.32 Å². The minimum atomic E-state index is -1.70. The molecule has 6 nitrogen and oxygen atoms in total. The third-order valence-electron chi connectivity index (χ3n) is 3.74. The number of aliphatic carboxylic acids is 1. The normalized spacial score (nSPS) is 12.7. The molecule has 1 amide bonds. The van der Waals surface area contributed by atoms with Crippen molar-refractivity contribution in [3.63, 3.8) is 0 Å². The van der Waals surface area contributed by atoms with Crippen LogP contribution < -0.4 is 14.8 Å². The van der Waals surface area contributed by atoms with Crippen LogP contribution in [0, 0.1) is 5.82 Å². The molecular formula is C19H20FNO5. The summed E-state index contributed by atoms with van der Waals surface area (Å²) in [6.07, 6.45) is 0. The first-order chi connectivity index (χ1) is 12.3. The fourth-order valence-corrected chi connectivity index (χ4v) is 2.29. The summed E-state index contributed by atoms with van der Waals surface area (Å²) < 4.78 is 23.7. The Labute approximate surface area is 150 Å². The van der Waals surface area contributed by atoms with Crippen LogP contribution in [0.15, 0.2) is 48.5 Å². The minimum absolute atomic E-state index is 0.251. The molecule has 2 N–H and O–H groups in total. The second-order valence-electron chi connectivity index (χ2n) is 5.68. The maximum atomic E-state index is 13.1. The number of rotatable bonds is 8. The van der Waals surface area contributed by atoms with Crippen molar-refractivity contribution in [2.45, 2.75) is 19.4 Å². The zero-order valence-electron chi connectivity index (χ0n) is 14.5. The third kappa shape index (κ3) is 4.72. The van der Waals surface area contributed by atoms with E-state index in [0.29, 0.717) is 18.1 Å². The van der Waals surface area contributed by atoms with Gasteiger partial charge in [-0.2, -0.15) is 0 Å². The number of nitrogens with one attached hydrogen (secondary N) is 1. The molecule has 0 radical (unpaired) electrons. The minimum Gasteiger partial charge on any atom is -0.494 e. The van der Waals surface area contributed by atoms with Crippen LogP contribution in [-0.4, -0.2) is 30.2 Å². The fourth-order valence-electron chi connectivity index (χ4n) is 2.29. The van der Waals surface area contributed by atoms with Crippen LogP contribution >= 0.6 is 0 Å². The second-order valence-corrected chi connectivity index (χ2v) is 5.68. The van der Waals surface area contributed by atoms with E-state index in [2.05, 4.69) is 5.32 Å². The van der Waals surface area contributed by atoms with E-state index < -0.39 is 23.2 Å². The molecule has 2 aromatic carbocycles. The lowest BCUT2D eigenvalue weighted by Crippen LogP contribution is -2.51.